The average Bonchev–Trinajstić information content (AvgIpc) is 2.82. The van der Waals surface area contributed by atoms with Gasteiger partial charge in [-0.15, -0.1) is 0 Å². The second kappa shape index (κ2) is 9.24. The number of nitrogens with zero attached hydrogens (tertiary/aromatic N) is 1. The van der Waals surface area contributed by atoms with Gasteiger partial charge in [0.2, 0.25) is 21.8 Å². The van der Waals surface area contributed by atoms with Crippen molar-refractivity contribution in [3.8, 4) is 0 Å². The van der Waals surface area contributed by atoms with E-state index in [1.807, 2.05) is 0 Å². The summed E-state index contributed by atoms with van der Waals surface area (Å²) in [4.78, 5) is 35.4. The first-order valence-corrected chi connectivity index (χ1v) is 10.3. The van der Waals surface area contributed by atoms with Gasteiger partial charge >= 0.3 is 0 Å². The molecule has 0 bridgehead atoms. The molecule has 2 atom stereocenters. The monoisotopic (exact) mass is 412 g/mol. The van der Waals surface area contributed by atoms with Crippen molar-refractivity contribution in [2.75, 3.05) is 13.1 Å². The molecule has 1 radical (unpaired) electrons. The Hall–Kier alpha value is -2.33. The average molecular weight is 412 g/mol. The highest BCUT2D eigenvalue weighted by Gasteiger charge is 2.33. The Labute approximate surface area is 163 Å². The lowest BCUT2D eigenvalue weighted by Crippen LogP contribution is -2.44. The van der Waals surface area contributed by atoms with Crippen LogP contribution in [0, 0.1) is 18.2 Å². The molecule has 1 aliphatic heterocycles. The molecule has 1 saturated heterocycles. The van der Waals surface area contributed by atoms with Gasteiger partial charge in [0.1, 0.15) is 5.82 Å². The van der Waals surface area contributed by atoms with E-state index in [-0.39, 0.29) is 24.4 Å². The summed E-state index contributed by atoms with van der Waals surface area (Å²) >= 11 is 0. The lowest BCUT2D eigenvalue weighted by Gasteiger charge is -2.20. The Balaban J connectivity index is 2.00. The molecule has 0 aromatic heterocycles. The molecule has 2 amide bonds. The number of ketones is 1. The third kappa shape index (κ3) is 5.59. The van der Waals surface area contributed by atoms with E-state index in [1.54, 1.807) is 6.92 Å². The van der Waals surface area contributed by atoms with E-state index < -0.39 is 45.4 Å². The summed E-state index contributed by atoms with van der Waals surface area (Å²) in [5.74, 6) is -2.55. The number of amides is 2. The number of rotatable bonds is 7. The van der Waals surface area contributed by atoms with E-state index in [2.05, 4.69) is 5.32 Å². The van der Waals surface area contributed by atoms with Gasteiger partial charge in [-0.05, 0) is 43.5 Å². The summed E-state index contributed by atoms with van der Waals surface area (Å²) in [6.45, 7) is 1.31. The fraction of sp³-hybridized carbons (Fsp3) is 0.444. The van der Waals surface area contributed by atoms with E-state index in [4.69, 9.17) is 5.73 Å². The fourth-order valence-electron chi connectivity index (χ4n) is 2.74. The molecule has 8 nitrogen and oxygen atoms in total. The van der Waals surface area contributed by atoms with Crippen LogP contribution in [-0.4, -0.2) is 49.5 Å². The maximum Gasteiger partial charge on any atom is 0.243 e. The molecule has 1 unspecified atom stereocenters. The van der Waals surface area contributed by atoms with Crippen molar-refractivity contribution in [2.45, 2.75) is 37.1 Å². The van der Waals surface area contributed by atoms with E-state index in [1.165, 1.54) is 6.42 Å². The number of hydrogen-bond donors (Lipinski definition) is 2. The molecule has 1 aromatic carbocycles. The molecule has 1 fully saturated rings. The van der Waals surface area contributed by atoms with Crippen molar-refractivity contribution in [1.82, 2.24) is 9.62 Å². The topological polar surface area (TPSA) is 127 Å². The van der Waals surface area contributed by atoms with Crippen LogP contribution < -0.4 is 11.1 Å². The SMILES string of the molecule is CC(C[CH]C(=O)N[C@H]1CCCN(S(=O)(=O)c2ccc(F)cc2)CC1=O)C(N)=O. The quantitative estimate of drug-likeness (QED) is 0.669. The molecule has 2 rings (SSSR count). The van der Waals surface area contributed by atoms with Crippen LogP contribution in [0.5, 0.6) is 0 Å². The smallest absolute Gasteiger partial charge is 0.243 e. The van der Waals surface area contributed by atoms with Crippen LogP contribution in [0.15, 0.2) is 29.2 Å². The highest BCUT2D eigenvalue weighted by molar-refractivity contribution is 7.89. The van der Waals surface area contributed by atoms with E-state index in [0.717, 1.165) is 28.6 Å². The van der Waals surface area contributed by atoms with Gasteiger partial charge in [0.25, 0.3) is 0 Å². The van der Waals surface area contributed by atoms with Gasteiger partial charge in [0.05, 0.1) is 23.9 Å². The fourth-order valence-corrected chi connectivity index (χ4v) is 4.18. The number of carbonyl (C=O) groups excluding carboxylic acids is 3. The lowest BCUT2D eigenvalue weighted by molar-refractivity contribution is -0.126. The minimum Gasteiger partial charge on any atom is -0.369 e. The van der Waals surface area contributed by atoms with Gasteiger partial charge in [0, 0.05) is 12.5 Å². The zero-order valence-electron chi connectivity index (χ0n) is 15.4. The van der Waals surface area contributed by atoms with Gasteiger partial charge in [-0.2, -0.15) is 4.31 Å². The number of Topliss-reactive ketones (excluding diaryl/α,β-unsaturated/α-hetero) is 1. The van der Waals surface area contributed by atoms with E-state index in [9.17, 15) is 27.2 Å². The van der Waals surface area contributed by atoms with Gasteiger partial charge in [-0.25, -0.2) is 12.8 Å². The summed E-state index contributed by atoms with van der Waals surface area (Å²) in [6, 6.07) is 3.56. The summed E-state index contributed by atoms with van der Waals surface area (Å²) in [6.07, 6.45) is 2.06. The van der Waals surface area contributed by atoms with Crippen LogP contribution in [0.1, 0.15) is 26.2 Å². The molecule has 1 aliphatic rings. The summed E-state index contributed by atoms with van der Waals surface area (Å²) < 4.78 is 39.4. The minimum absolute atomic E-state index is 0.0991. The third-order valence-corrected chi connectivity index (χ3v) is 6.39. The predicted molar refractivity (Wildman–Crippen MR) is 98.6 cm³/mol. The van der Waals surface area contributed by atoms with Crippen LogP contribution in [0.2, 0.25) is 0 Å². The molecular formula is C18H23FN3O5S. The van der Waals surface area contributed by atoms with Gasteiger partial charge in [-0.3, -0.25) is 14.4 Å². The Morgan fingerprint density at radius 3 is 2.61 bits per heavy atom. The number of nitrogens with one attached hydrogen (secondary N) is 1. The first-order valence-electron chi connectivity index (χ1n) is 8.82. The van der Waals surface area contributed by atoms with E-state index >= 15 is 0 Å². The summed E-state index contributed by atoms with van der Waals surface area (Å²) in [5.41, 5.74) is 5.13. The highest BCUT2D eigenvalue weighted by Crippen LogP contribution is 2.20. The third-order valence-electron chi connectivity index (χ3n) is 4.53. The molecule has 0 saturated carbocycles. The second-order valence-corrected chi connectivity index (χ2v) is 8.64. The molecule has 153 valence electrons. The predicted octanol–water partition coefficient (Wildman–Crippen LogP) is 0.380. The first-order chi connectivity index (χ1) is 13.1. The molecule has 1 heterocycles. The van der Waals surface area contributed by atoms with Crippen molar-refractivity contribution < 1.29 is 27.2 Å². The zero-order valence-corrected chi connectivity index (χ0v) is 16.2. The van der Waals surface area contributed by atoms with Gasteiger partial charge in [0.15, 0.2) is 5.78 Å². The van der Waals surface area contributed by atoms with Crippen molar-refractivity contribution in [2.24, 2.45) is 11.7 Å². The zero-order chi connectivity index (χ0) is 20.9. The van der Waals surface area contributed by atoms with E-state index in [0.29, 0.717) is 12.8 Å². The number of primary amides is 1. The van der Waals surface area contributed by atoms with Crippen LogP contribution in [0.25, 0.3) is 0 Å². The van der Waals surface area contributed by atoms with Crippen molar-refractivity contribution in [3.05, 3.63) is 36.5 Å². The Morgan fingerprint density at radius 1 is 1.36 bits per heavy atom. The maximum absolute atomic E-state index is 13.0. The second-order valence-electron chi connectivity index (χ2n) is 6.71. The Morgan fingerprint density at radius 2 is 2.00 bits per heavy atom. The number of halogens is 1. The number of nitrogens with two attached hydrogens (primary N) is 1. The van der Waals surface area contributed by atoms with Crippen LogP contribution in [0.4, 0.5) is 4.39 Å². The first kappa shape index (κ1) is 22.0. The summed E-state index contributed by atoms with van der Waals surface area (Å²) in [5, 5.41) is 2.55. The van der Waals surface area contributed by atoms with Crippen LogP contribution in [-0.2, 0) is 24.4 Å². The van der Waals surface area contributed by atoms with Gasteiger partial charge in [-0.1, -0.05) is 6.92 Å². The molecule has 28 heavy (non-hydrogen) atoms. The van der Waals surface area contributed by atoms with Crippen molar-refractivity contribution >= 4 is 27.6 Å². The maximum atomic E-state index is 13.0. The molecule has 3 N–H and O–H groups in total. The standard InChI is InChI=1S/C18H23FN3O5S/c1-12(18(20)25)4-9-17(24)21-15-3-2-10-22(11-16(15)23)28(26,27)14-7-5-13(19)6-8-14/h5-9,12,15H,2-4,10-11H2,1H3,(H2,20,25)(H,21,24)/t12?,15-/m0/s1. The largest absolute Gasteiger partial charge is 0.369 e. The Kier molecular flexibility index (Phi) is 7.25. The summed E-state index contributed by atoms with van der Waals surface area (Å²) in [7, 11) is -3.94. The molecule has 1 aromatic rings. The molecule has 0 spiro atoms. The highest BCUT2D eigenvalue weighted by atomic mass is 32.2. The number of carbonyl (C=O) groups is 3. The van der Waals surface area contributed by atoms with Crippen molar-refractivity contribution in [3.63, 3.8) is 0 Å². The van der Waals surface area contributed by atoms with Gasteiger partial charge < -0.3 is 11.1 Å². The number of hydrogen-bond acceptors (Lipinski definition) is 5. The lowest BCUT2D eigenvalue weighted by atomic mass is 10.0. The molecule has 10 heteroatoms. The van der Waals surface area contributed by atoms with Crippen LogP contribution >= 0.6 is 0 Å². The number of benzene rings is 1. The Bertz CT molecular complexity index is 841. The number of sulfonamides is 1. The van der Waals surface area contributed by atoms with Crippen molar-refractivity contribution in [1.29, 1.82) is 0 Å². The van der Waals surface area contributed by atoms with Crippen LogP contribution in [0.3, 0.4) is 0 Å². The molecular weight excluding hydrogens is 389 g/mol. The molecule has 0 aliphatic carbocycles. The normalized spacial score (nSPS) is 19.6. The minimum atomic E-state index is -3.94.